The van der Waals surface area contributed by atoms with Crippen molar-refractivity contribution < 1.29 is 0 Å². The van der Waals surface area contributed by atoms with Gasteiger partial charge < -0.3 is 22.3 Å². The second kappa shape index (κ2) is 5.54. The zero-order chi connectivity index (χ0) is 12.0. The summed E-state index contributed by atoms with van der Waals surface area (Å²) in [7, 11) is 3.32. The van der Waals surface area contributed by atoms with E-state index in [-0.39, 0.29) is 0 Å². The number of hydrazone groups is 2. The van der Waals surface area contributed by atoms with E-state index in [1.807, 2.05) is 0 Å². The Morgan fingerprint density at radius 1 is 1.06 bits per heavy atom. The van der Waals surface area contributed by atoms with E-state index < -0.39 is 0 Å². The van der Waals surface area contributed by atoms with E-state index in [1.165, 1.54) is 0 Å². The maximum Gasteiger partial charge on any atom is 0.169 e. The van der Waals surface area contributed by atoms with E-state index in [0.29, 0.717) is 23.1 Å². The first-order valence-electron chi connectivity index (χ1n) is 4.66. The van der Waals surface area contributed by atoms with Crippen molar-refractivity contribution in [2.75, 3.05) is 14.1 Å². The molecule has 7 nitrogen and oxygen atoms in total. The van der Waals surface area contributed by atoms with Crippen LogP contribution in [0, 0.1) is 0 Å². The molecule has 7 heteroatoms. The molecule has 0 radical (unpaired) electrons. The van der Waals surface area contributed by atoms with Gasteiger partial charge >= 0.3 is 0 Å². The average molecular weight is 221 g/mol. The smallest absolute Gasteiger partial charge is 0.169 e. The fourth-order valence-electron chi connectivity index (χ4n) is 1.08. The number of nitrogens with two attached hydrogens (primary N) is 2. The summed E-state index contributed by atoms with van der Waals surface area (Å²) in [5, 5.41) is 7.65. The van der Waals surface area contributed by atoms with Crippen molar-refractivity contribution in [2.24, 2.45) is 21.7 Å². The van der Waals surface area contributed by atoms with Gasteiger partial charge in [0, 0.05) is 14.1 Å². The molecule has 1 rings (SSSR count). The number of aromatic nitrogens is 1. The second-order valence-electron chi connectivity index (χ2n) is 2.85. The molecule has 1 heterocycles. The van der Waals surface area contributed by atoms with Gasteiger partial charge in [0.25, 0.3) is 0 Å². The highest BCUT2D eigenvalue weighted by Crippen LogP contribution is 1.98. The molecular formula is C9H15N7. The molecule has 1 aromatic heterocycles. The molecule has 6 N–H and O–H groups in total. The van der Waals surface area contributed by atoms with E-state index >= 15 is 0 Å². The lowest BCUT2D eigenvalue weighted by Gasteiger charge is -2.03. The topological polar surface area (TPSA) is 114 Å². The lowest BCUT2D eigenvalue weighted by molar-refractivity contribution is 0.892. The number of nitrogens with zero attached hydrogens (tertiary/aromatic N) is 3. The second-order valence-corrected chi connectivity index (χ2v) is 2.85. The van der Waals surface area contributed by atoms with Gasteiger partial charge in [-0.15, -0.1) is 0 Å². The summed E-state index contributed by atoms with van der Waals surface area (Å²) in [6.45, 7) is 0. The quantitative estimate of drug-likeness (QED) is 0.288. The fraction of sp³-hybridized carbons (Fsp3) is 0.222. The first kappa shape index (κ1) is 11.8. The van der Waals surface area contributed by atoms with Gasteiger partial charge in [-0.2, -0.15) is 10.2 Å². The number of nitrogens with one attached hydrogen (secondary N) is 2. The maximum absolute atomic E-state index is 5.68. The summed E-state index contributed by atoms with van der Waals surface area (Å²) in [6, 6.07) is 5.27. The predicted molar refractivity (Wildman–Crippen MR) is 63.8 cm³/mol. The molecule has 0 aliphatic rings. The first-order valence-corrected chi connectivity index (χ1v) is 4.66. The summed E-state index contributed by atoms with van der Waals surface area (Å²) >= 11 is 0. The lowest BCUT2D eigenvalue weighted by atomic mass is 10.3. The van der Waals surface area contributed by atoms with Gasteiger partial charge in [0.05, 0.1) is 0 Å². The van der Waals surface area contributed by atoms with E-state index in [0.717, 1.165) is 0 Å². The van der Waals surface area contributed by atoms with Crippen molar-refractivity contribution in [2.45, 2.75) is 0 Å². The van der Waals surface area contributed by atoms with Crippen LogP contribution in [0.4, 0.5) is 0 Å². The summed E-state index contributed by atoms with van der Waals surface area (Å²) in [6.07, 6.45) is 0. The Kier molecular flexibility index (Phi) is 4.07. The molecule has 0 atom stereocenters. The summed E-state index contributed by atoms with van der Waals surface area (Å²) in [5.41, 5.74) is 17.6. The molecule has 86 valence electrons. The van der Waals surface area contributed by atoms with Crippen LogP contribution in [0.2, 0.25) is 0 Å². The number of pyridine rings is 1. The standard InChI is InChI=1S/C9H15N7/c1-12-15-8(10)6-4-3-5-7(14-6)9(11)16-13-2/h3-5,12-13H,1-2H3,(H2,10,15)(H2,11,16). The van der Waals surface area contributed by atoms with Crippen molar-refractivity contribution in [3.8, 4) is 0 Å². The van der Waals surface area contributed by atoms with Crippen LogP contribution in [-0.2, 0) is 0 Å². The number of amidine groups is 2. The molecule has 0 fully saturated rings. The highest BCUT2D eigenvalue weighted by Gasteiger charge is 2.04. The van der Waals surface area contributed by atoms with Crippen LogP contribution in [0.1, 0.15) is 11.4 Å². The molecular weight excluding hydrogens is 206 g/mol. The van der Waals surface area contributed by atoms with Crippen molar-refractivity contribution in [1.29, 1.82) is 0 Å². The van der Waals surface area contributed by atoms with Crippen LogP contribution in [0.25, 0.3) is 0 Å². The summed E-state index contributed by atoms with van der Waals surface area (Å²) < 4.78 is 0. The Morgan fingerprint density at radius 2 is 1.50 bits per heavy atom. The predicted octanol–water partition coefficient (Wildman–Crippen LogP) is -1.24. The van der Waals surface area contributed by atoms with Gasteiger partial charge in [-0.1, -0.05) is 6.07 Å². The molecule has 16 heavy (non-hydrogen) atoms. The zero-order valence-corrected chi connectivity index (χ0v) is 9.23. The van der Waals surface area contributed by atoms with Crippen molar-refractivity contribution >= 4 is 11.7 Å². The van der Waals surface area contributed by atoms with Crippen LogP contribution in [0.5, 0.6) is 0 Å². The molecule has 0 aromatic carbocycles. The Balaban J connectivity index is 3.04. The van der Waals surface area contributed by atoms with Gasteiger partial charge in [0.2, 0.25) is 0 Å². The Bertz CT molecular complexity index is 375. The minimum absolute atomic E-state index is 0.293. The minimum atomic E-state index is 0.293. The third kappa shape index (κ3) is 2.84. The van der Waals surface area contributed by atoms with Crippen LogP contribution in [-0.4, -0.2) is 30.8 Å². The molecule has 0 bridgehead atoms. The van der Waals surface area contributed by atoms with Crippen LogP contribution in [0.15, 0.2) is 28.4 Å². The molecule has 0 unspecified atom stereocenters. The van der Waals surface area contributed by atoms with E-state index in [4.69, 9.17) is 11.5 Å². The Labute approximate surface area is 93.6 Å². The molecule has 0 saturated carbocycles. The molecule has 0 saturated heterocycles. The average Bonchev–Trinajstić information content (AvgIpc) is 2.30. The highest BCUT2D eigenvalue weighted by molar-refractivity contribution is 5.99. The van der Waals surface area contributed by atoms with E-state index in [2.05, 4.69) is 26.0 Å². The first-order chi connectivity index (χ1) is 7.69. The van der Waals surface area contributed by atoms with Crippen molar-refractivity contribution in [3.05, 3.63) is 29.6 Å². The largest absolute Gasteiger partial charge is 0.380 e. The molecule has 0 aliphatic carbocycles. The number of rotatable bonds is 4. The third-order valence-corrected chi connectivity index (χ3v) is 1.74. The minimum Gasteiger partial charge on any atom is -0.380 e. The van der Waals surface area contributed by atoms with Crippen LogP contribution < -0.4 is 22.3 Å². The fourth-order valence-corrected chi connectivity index (χ4v) is 1.08. The molecule has 0 aliphatic heterocycles. The van der Waals surface area contributed by atoms with E-state index in [1.54, 1.807) is 32.3 Å². The van der Waals surface area contributed by atoms with Gasteiger partial charge in [-0.25, -0.2) is 4.98 Å². The highest BCUT2D eigenvalue weighted by atomic mass is 15.3. The Morgan fingerprint density at radius 3 is 1.88 bits per heavy atom. The van der Waals surface area contributed by atoms with Gasteiger partial charge in [0.1, 0.15) is 11.4 Å². The Hall–Kier alpha value is -2.31. The normalized spacial score (nSPS) is 12.4. The molecule has 0 spiro atoms. The molecule has 0 amide bonds. The summed E-state index contributed by atoms with van der Waals surface area (Å²) in [4.78, 5) is 4.22. The van der Waals surface area contributed by atoms with Crippen LogP contribution in [0.3, 0.4) is 0 Å². The zero-order valence-electron chi connectivity index (χ0n) is 9.23. The number of hydrogen-bond donors (Lipinski definition) is 4. The summed E-state index contributed by atoms with van der Waals surface area (Å²) in [5.74, 6) is 0.586. The van der Waals surface area contributed by atoms with Gasteiger partial charge in [0.15, 0.2) is 11.7 Å². The van der Waals surface area contributed by atoms with Crippen LogP contribution >= 0.6 is 0 Å². The monoisotopic (exact) mass is 221 g/mol. The SMILES string of the molecule is CN/N=C(\N)c1cccc(/C(N)=N/NC)n1. The third-order valence-electron chi connectivity index (χ3n) is 1.74. The maximum atomic E-state index is 5.68. The van der Waals surface area contributed by atoms with Crippen molar-refractivity contribution in [1.82, 2.24) is 15.8 Å². The van der Waals surface area contributed by atoms with Gasteiger partial charge in [-0.05, 0) is 12.1 Å². The van der Waals surface area contributed by atoms with E-state index in [9.17, 15) is 0 Å². The molecule has 1 aromatic rings. The lowest BCUT2D eigenvalue weighted by Crippen LogP contribution is -2.23. The number of hydrogen-bond acceptors (Lipinski definition) is 5. The van der Waals surface area contributed by atoms with Gasteiger partial charge in [-0.3, -0.25) is 0 Å². The van der Waals surface area contributed by atoms with Crippen molar-refractivity contribution in [3.63, 3.8) is 0 Å².